The number of ether oxygens (including phenoxy) is 2. The lowest BCUT2D eigenvalue weighted by Crippen LogP contribution is -2.48. The number of hydrogen-bond donors (Lipinski definition) is 1. The summed E-state index contributed by atoms with van der Waals surface area (Å²) in [6, 6.07) is 3.27. The van der Waals surface area contributed by atoms with Gasteiger partial charge in [-0.05, 0) is 12.8 Å². The van der Waals surface area contributed by atoms with Crippen molar-refractivity contribution < 1.29 is 23.5 Å². The Balaban J connectivity index is 1.34. The van der Waals surface area contributed by atoms with E-state index in [2.05, 4.69) is 10.2 Å². The molecule has 3 unspecified atom stereocenters. The van der Waals surface area contributed by atoms with Crippen molar-refractivity contribution in [2.75, 3.05) is 27.9 Å². The topological polar surface area (TPSA) is 71.1 Å². The maximum absolute atomic E-state index is 15.2. The third-order valence-corrected chi connectivity index (χ3v) is 8.12. The van der Waals surface area contributed by atoms with Crippen LogP contribution in [0.3, 0.4) is 0 Å². The van der Waals surface area contributed by atoms with Crippen LogP contribution in [0, 0.1) is 5.82 Å². The van der Waals surface area contributed by atoms with Crippen LogP contribution in [0.15, 0.2) is 12.1 Å². The predicted molar refractivity (Wildman–Crippen MR) is 106 cm³/mol. The highest BCUT2D eigenvalue weighted by atomic mass is 32.2. The van der Waals surface area contributed by atoms with Gasteiger partial charge in [-0.15, -0.1) is 0 Å². The molecule has 6 rings (SSSR count). The van der Waals surface area contributed by atoms with E-state index in [9.17, 15) is 9.59 Å². The number of rotatable bonds is 2. The van der Waals surface area contributed by atoms with Crippen LogP contribution < -0.4 is 19.9 Å². The molecule has 1 saturated carbocycles. The molecule has 7 nitrogen and oxygen atoms in total. The van der Waals surface area contributed by atoms with Crippen LogP contribution in [0.1, 0.15) is 26.2 Å². The van der Waals surface area contributed by atoms with Gasteiger partial charge in [-0.25, -0.2) is 9.18 Å². The van der Waals surface area contributed by atoms with Gasteiger partial charge in [-0.2, -0.15) is 11.8 Å². The molecule has 1 aliphatic carbocycles. The zero-order valence-corrected chi connectivity index (χ0v) is 16.8. The highest BCUT2D eigenvalue weighted by Crippen LogP contribution is 2.54. The number of nitrogens with one attached hydrogen (secondary N) is 1. The summed E-state index contributed by atoms with van der Waals surface area (Å²) >= 11 is 1.94. The fourth-order valence-corrected chi connectivity index (χ4v) is 6.83. The van der Waals surface area contributed by atoms with Crippen LogP contribution in [-0.4, -0.2) is 59.9 Å². The van der Waals surface area contributed by atoms with Gasteiger partial charge in [0.25, 0.3) is 0 Å². The summed E-state index contributed by atoms with van der Waals surface area (Å²) in [6.45, 7) is 1.71. The largest absolute Gasteiger partial charge is 0.489 e. The average molecular weight is 419 g/mol. The van der Waals surface area contributed by atoms with Crippen molar-refractivity contribution in [2.24, 2.45) is 0 Å². The molecule has 5 aliphatic rings. The Bertz CT molecular complexity index is 913. The number of fused-ring (bicyclic) bond motifs is 6. The Morgan fingerprint density at radius 3 is 2.76 bits per heavy atom. The summed E-state index contributed by atoms with van der Waals surface area (Å²) in [7, 11) is 0. The SMILES string of the molecule is CC(=O)NC1C[C@]12OC(=O)N1c3cc(F)c(N4C5CCC4CSC5)cc3OC[C@H]12. The van der Waals surface area contributed by atoms with Gasteiger partial charge in [0.15, 0.2) is 5.60 Å². The van der Waals surface area contributed by atoms with E-state index in [4.69, 9.17) is 9.47 Å². The fourth-order valence-electron chi connectivity index (χ4n) is 5.49. The first-order chi connectivity index (χ1) is 14.0. The molecule has 2 bridgehead atoms. The number of benzene rings is 1. The van der Waals surface area contributed by atoms with E-state index in [0.29, 0.717) is 35.6 Å². The molecule has 29 heavy (non-hydrogen) atoms. The maximum atomic E-state index is 15.2. The third-order valence-electron chi connectivity index (χ3n) is 6.88. The molecule has 4 aliphatic heterocycles. The van der Waals surface area contributed by atoms with Crippen molar-refractivity contribution in [3.05, 3.63) is 17.9 Å². The molecule has 1 spiro atoms. The molecule has 9 heteroatoms. The summed E-state index contributed by atoms with van der Waals surface area (Å²) in [5, 5.41) is 2.83. The Hall–Kier alpha value is -2.16. The minimum absolute atomic E-state index is 0.163. The highest BCUT2D eigenvalue weighted by molar-refractivity contribution is 7.99. The number of thioether (sulfide) groups is 1. The first-order valence-electron chi connectivity index (χ1n) is 10.1. The van der Waals surface area contributed by atoms with Crippen molar-refractivity contribution >= 4 is 35.1 Å². The van der Waals surface area contributed by atoms with E-state index in [-0.39, 0.29) is 30.4 Å². The van der Waals surface area contributed by atoms with Gasteiger partial charge in [0.1, 0.15) is 24.2 Å². The summed E-state index contributed by atoms with van der Waals surface area (Å²) < 4.78 is 26.9. The molecule has 1 aromatic rings. The molecule has 5 atom stereocenters. The van der Waals surface area contributed by atoms with E-state index < -0.39 is 11.7 Å². The lowest BCUT2D eigenvalue weighted by Gasteiger charge is -2.38. The minimum atomic E-state index is -0.779. The van der Waals surface area contributed by atoms with Crippen molar-refractivity contribution in [2.45, 2.75) is 56.0 Å². The van der Waals surface area contributed by atoms with Crippen LogP contribution in [0.25, 0.3) is 0 Å². The summed E-state index contributed by atoms with van der Waals surface area (Å²) in [5.41, 5.74) is 0.204. The van der Waals surface area contributed by atoms with E-state index in [1.54, 1.807) is 6.07 Å². The molecular formula is C20H22FN3O4S. The van der Waals surface area contributed by atoms with Crippen molar-refractivity contribution in [3.63, 3.8) is 0 Å². The maximum Gasteiger partial charge on any atom is 0.415 e. The number of anilines is 2. The molecule has 2 amide bonds. The van der Waals surface area contributed by atoms with Gasteiger partial charge in [0, 0.05) is 49.1 Å². The van der Waals surface area contributed by atoms with Crippen LogP contribution in [-0.2, 0) is 9.53 Å². The molecule has 1 aromatic carbocycles. The van der Waals surface area contributed by atoms with E-state index >= 15 is 4.39 Å². The summed E-state index contributed by atoms with van der Waals surface area (Å²) in [4.78, 5) is 27.8. The average Bonchev–Trinajstić information content (AvgIpc) is 3.18. The van der Waals surface area contributed by atoms with Gasteiger partial charge in [-0.3, -0.25) is 9.69 Å². The first kappa shape index (κ1) is 17.7. The molecule has 4 heterocycles. The van der Waals surface area contributed by atoms with Crippen molar-refractivity contribution in [1.29, 1.82) is 0 Å². The summed E-state index contributed by atoms with van der Waals surface area (Å²) in [6.07, 6.45) is 2.22. The second-order valence-corrected chi connectivity index (χ2v) is 9.65. The smallest absolute Gasteiger partial charge is 0.415 e. The number of carbonyl (C=O) groups is 2. The molecule has 3 saturated heterocycles. The van der Waals surface area contributed by atoms with E-state index in [1.165, 1.54) is 17.9 Å². The van der Waals surface area contributed by atoms with Gasteiger partial charge in [0.05, 0.1) is 17.4 Å². The Morgan fingerprint density at radius 1 is 1.28 bits per heavy atom. The zero-order chi connectivity index (χ0) is 19.9. The predicted octanol–water partition coefficient (Wildman–Crippen LogP) is 2.27. The second-order valence-electron chi connectivity index (χ2n) is 8.58. The molecule has 0 radical (unpaired) electrons. The number of halogens is 1. The molecule has 154 valence electrons. The molecule has 0 aromatic heterocycles. The minimum Gasteiger partial charge on any atom is -0.489 e. The van der Waals surface area contributed by atoms with Crippen LogP contribution in [0.5, 0.6) is 5.75 Å². The number of amides is 2. The Labute approximate surface area is 171 Å². The van der Waals surface area contributed by atoms with Crippen LogP contribution in [0.4, 0.5) is 20.6 Å². The normalized spacial score (nSPS) is 36.4. The van der Waals surface area contributed by atoms with Gasteiger partial charge in [-0.1, -0.05) is 0 Å². The molecular weight excluding hydrogens is 397 g/mol. The number of hydrogen-bond acceptors (Lipinski definition) is 6. The lowest BCUT2D eigenvalue weighted by atomic mass is 10.1. The number of carbonyl (C=O) groups excluding carboxylic acids is 2. The van der Waals surface area contributed by atoms with Crippen molar-refractivity contribution in [3.8, 4) is 5.75 Å². The monoisotopic (exact) mass is 419 g/mol. The van der Waals surface area contributed by atoms with E-state index in [0.717, 1.165) is 24.3 Å². The standard InChI is InChI=1S/C20H22FN3O4S/c1-10(25)22-17-6-20(17)18-7-27-16-5-14(23-11-2-3-12(23)9-29-8-11)13(21)4-15(16)24(18)19(26)28-20/h4-5,11-12,17-18H,2-3,6-9H2,1H3,(H,22,25)/t11?,12?,17?,18-,20-/m0/s1. The van der Waals surface area contributed by atoms with Gasteiger partial charge >= 0.3 is 6.09 Å². The van der Waals surface area contributed by atoms with Gasteiger partial charge in [0.2, 0.25) is 5.91 Å². The third kappa shape index (κ3) is 2.42. The van der Waals surface area contributed by atoms with E-state index in [1.807, 2.05) is 11.8 Å². The summed E-state index contributed by atoms with van der Waals surface area (Å²) in [5.74, 6) is 2.05. The molecule has 4 fully saturated rings. The Morgan fingerprint density at radius 2 is 2.03 bits per heavy atom. The van der Waals surface area contributed by atoms with Crippen LogP contribution in [0.2, 0.25) is 0 Å². The highest BCUT2D eigenvalue weighted by Gasteiger charge is 2.71. The Kier molecular flexibility index (Phi) is 3.62. The lowest BCUT2D eigenvalue weighted by molar-refractivity contribution is -0.119. The first-order valence-corrected chi connectivity index (χ1v) is 11.2. The fraction of sp³-hybridized carbons (Fsp3) is 0.600. The van der Waals surface area contributed by atoms with Crippen molar-refractivity contribution in [1.82, 2.24) is 5.32 Å². The van der Waals surface area contributed by atoms with Crippen LogP contribution >= 0.6 is 11.8 Å². The quantitative estimate of drug-likeness (QED) is 0.793. The zero-order valence-electron chi connectivity index (χ0n) is 16.0. The molecule has 1 N–H and O–H groups in total. The second kappa shape index (κ2) is 5.93. The van der Waals surface area contributed by atoms with Gasteiger partial charge < -0.3 is 19.7 Å². The number of nitrogens with zero attached hydrogens (tertiary/aromatic N) is 2.